The molecule has 0 aromatic carbocycles. The van der Waals surface area contributed by atoms with Crippen LogP contribution in [0.1, 0.15) is 174 Å². The number of hydrogen-bond donors (Lipinski definition) is 0. The first-order valence-electron chi connectivity index (χ1n) is 17.7. The Kier molecular flexibility index (Phi) is 27.8. The second-order valence-corrected chi connectivity index (χ2v) is 47.7. The van der Waals surface area contributed by atoms with Crippen molar-refractivity contribution in [3.8, 4) is 0 Å². The minimum absolute atomic E-state index is 0.593. The minimum Gasteiger partial charge on any atom is -0.0654 e. The quantitative estimate of drug-likeness (QED) is 0.0296. The van der Waals surface area contributed by atoms with Gasteiger partial charge in [-0.15, -0.1) is 0 Å². The first kappa shape index (κ1) is 41.4. The van der Waals surface area contributed by atoms with Gasteiger partial charge in [0.05, 0.1) is 0 Å². The molecule has 244 valence electrons. The van der Waals surface area contributed by atoms with E-state index in [9.17, 15) is 4.57 Å². The second kappa shape index (κ2) is 26.8. The standard InChI is InChI=1S/C34H73AsIO3P/c1-6-8-10-12-14-16-18-20-22-24-26-28-32-38-40(37,34-30-31-35(3,4,5)36)39-33-29-27-25-23-21-19-17-15-13-11-9-7-2/h6-34H2,1-5H3. The molecule has 0 aromatic rings. The number of halogens is 1. The molecule has 0 fully saturated rings. The zero-order valence-electron chi connectivity index (χ0n) is 28.0. The van der Waals surface area contributed by atoms with Crippen molar-refractivity contribution in [3.05, 3.63) is 0 Å². The van der Waals surface area contributed by atoms with Gasteiger partial charge in [-0.2, -0.15) is 0 Å². The summed E-state index contributed by atoms with van der Waals surface area (Å²) in [5, 5.41) is 1.19. The SMILES string of the molecule is CCCCCCCCCCCCCCOP(=O)(CCC[As](C)(C)(C)I)OCCCCCCCCCCCCCC. The van der Waals surface area contributed by atoms with Gasteiger partial charge in [0.1, 0.15) is 0 Å². The van der Waals surface area contributed by atoms with Crippen LogP contribution in [-0.4, -0.2) is 28.5 Å². The van der Waals surface area contributed by atoms with Crippen LogP contribution in [0.3, 0.4) is 0 Å². The Morgan fingerprint density at radius 1 is 0.475 bits per heavy atom. The third-order valence-corrected chi connectivity index (χ3v) is 16.3. The van der Waals surface area contributed by atoms with Crippen LogP contribution in [0.25, 0.3) is 0 Å². The van der Waals surface area contributed by atoms with Crippen LogP contribution in [-0.2, 0) is 13.6 Å². The molecule has 0 spiro atoms. The molecule has 0 aromatic heterocycles. The van der Waals surface area contributed by atoms with Gasteiger partial charge in [-0.25, -0.2) is 0 Å². The van der Waals surface area contributed by atoms with Gasteiger partial charge in [-0.1, -0.05) is 90.9 Å². The zero-order chi connectivity index (χ0) is 29.9. The van der Waals surface area contributed by atoms with Crippen LogP contribution in [0.2, 0.25) is 22.3 Å². The fourth-order valence-corrected chi connectivity index (χ4v) is 11.8. The van der Waals surface area contributed by atoms with Crippen molar-refractivity contribution in [2.75, 3.05) is 19.4 Å². The van der Waals surface area contributed by atoms with Gasteiger partial charge in [0.15, 0.2) is 0 Å². The van der Waals surface area contributed by atoms with E-state index in [-0.39, 0.29) is 0 Å². The summed E-state index contributed by atoms with van der Waals surface area (Å²) in [5.74, 6) is 0. The number of unbranched alkanes of at least 4 members (excludes halogenated alkanes) is 22. The molecule has 0 saturated heterocycles. The number of rotatable bonds is 32. The van der Waals surface area contributed by atoms with Crippen molar-refractivity contribution in [1.82, 2.24) is 0 Å². The summed E-state index contributed by atoms with van der Waals surface area (Å²) in [7, 11) is -5.14. The normalized spacial score (nSPS) is 13.5. The summed E-state index contributed by atoms with van der Waals surface area (Å²) in [6.45, 7) is 5.75. The van der Waals surface area contributed by atoms with E-state index in [1.54, 1.807) is 0 Å². The zero-order valence-corrected chi connectivity index (χ0v) is 32.9. The van der Waals surface area contributed by atoms with Crippen LogP contribution < -0.4 is 0 Å². The Bertz CT molecular complexity index is 550. The fourth-order valence-electron chi connectivity index (χ4n) is 5.26. The molecule has 0 atom stereocenters. The van der Waals surface area contributed by atoms with Crippen molar-refractivity contribution in [2.24, 2.45) is 0 Å². The van der Waals surface area contributed by atoms with Gasteiger partial charge in [-0.05, 0) is 0 Å². The first-order chi connectivity index (χ1) is 19.1. The van der Waals surface area contributed by atoms with Crippen LogP contribution in [0.5, 0.6) is 0 Å². The molecule has 0 aliphatic carbocycles. The smallest absolute Gasteiger partial charge is 0.0654 e. The van der Waals surface area contributed by atoms with Crippen molar-refractivity contribution in [1.29, 1.82) is 0 Å². The van der Waals surface area contributed by atoms with Gasteiger partial charge < -0.3 is 0 Å². The molecule has 0 amide bonds. The van der Waals surface area contributed by atoms with E-state index in [2.05, 4.69) is 51.1 Å². The fraction of sp³-hybridized carbons (Fsp3) is 1.00. The van der Waals surface area contributed by atoms with Crippen molar-refractivity contribution < 1.29 is 13.6 Å². The van der Waals surface area contributed by atoms with E-state index < -0.39 is 16.7 Å². The summed E-state index contributed by atoms with van der Waals surface area (Å²) >= 11 is 2.70. The summed E-state index contributed by atoms with van der Waals surface area (Å²) in [5.41, 5.74) is 7.31. The monoisotopic (exact) mass is 762 g/mol. The number of hydrogen-bond acceptors (Lipinski definition) is 3. The van der Waals surface area contributed by atoms with E-state index in [1.165, 1.54) is 146 Å². The van der Waals surface area contributed by atoms with Crippen LogP contribution in [0, 0.1) is 0 Å². The van der Waals surface area contributed by atoms with E-state index in [4.69, 9.17) is 9.05 Å². The maximum absolute atomic E-state index is 13.6. The third-order valence-electron chi connectivity index (χ3n) is 7.92. The maximum atomic E-state index is 13.6. The predicted octanol–water partition coefficient (Wildman–Crippen LogP) is 14.2. The Hall–Kier alpha value is 1.44. The van der Waals surface area contributed by atoms with E-state index in [1.807, 2.05) is 0 Å². The van der Waals surface area contributed by atoms with Crippen LogP contribution >= 0.6 is 27.7 Å². The molecule has 0 heterocycles. The topological polar surface area (TPSA) is 35.5 Å². The molecular formula is C34H73AsIO3P. The minimum atomic E-state index is -2.97. The Balaban J connectivity index is 4.04. The molecule has 0 radical (unpaired) electrons. The average Bonchev–Trinajstić information content (AvgIpc) is 2.88. The molecule has 0 bridgehead atoms. The van der Waals surface area contributed by atoms with E-state index in [0.29, 0.717) is 19.4 Å². The molecule has 3 nitrogen and oxygen atoms in total. The molecule has 6 heteroatoms. The summed E-state index contributed by atoms with van der Waals surface area (Å²) in [6, 6.07) is 0. The first-order valence-corrected chi connectivity index (χ1v) is 32.1. The van der Waals surface area contributed by atoms with Crippen molar-refractivity contribution in [2.45, 2.75) is 197 Å². The molecule has 40 heavy (non-hydrogen) atoms. The van der Waals surface area contributed by atoms with Crippen molar-refractivity contribution >= 4 is 36.8 Å². The van der Waals surface area contributed by atoms with E-state index >= 15 is 0 Å². The van der Waals surface area contributed by atoms with Gasteiger partial charge in [-0.3, -0.25) is 0 Å². The predicted molar refractivity (Wildman–Crippen MR) is 193 cm³/mol. The Morgan fingerprint density at radius 2 is 0.750 bits per heavy atom. The summed E-state index contributed by atoms with van der Waals surface area (Å²) in [4.78, 5) is 0. The molecule has 0 N–H and O–H groups in total. The summed E-state index contributed by atoms with van der Waals surface area (Å²) in [6.07, 6.45) is 33.4. The molecule has 0 rings (SSSR count). The van der Waals surface area contributed by atoms with Gasteiger partial charge in [0.2, 0.25) is 0 Å². The van der Waals surface area contributed by atoms with Crippen LogP contribution in [0.15, 0.2) is 0 Å². The van der Waals surface area contributed by atoms with Crippen LogP contribution in [0.4, 0.5) is 0 Å². The molecule has 0 saturated carbocycles. The molecular weight excluding hydrogens is 689 g/mol. The third kappa shape index (κ3) is 32.4. The Labute approximate surface area is 265 Å². The summed E-state index contributed by atoms with van der Waals surface area (Å²) < 4.78 is 25.6. The molecule has 0 unspecified atom stereocenters. The van der Waals surface area contributed by atoms with E-state index in [0.717, 1.165) is 19.3 Å². The van der Waals surface area contributed by atoms with Gasteiger partial charge in [0, 0.05) is 0 Å². The van der Waals surface area contributed by atoms with Gasteiger partial charge >= 0.3 is 176 Å². The van der Waals surface area contributed by atoms with Crippen molar-refractivity contribution in [3.63, 3.8) is 0 Å². The Morgan fingerprint density at radius 3 is 1.02 bits per heavy atom. The van der Waals surface area contributed by atoms with Gasteiger partial charge in [0.25, 0.3) is 0 Å². The molecule has 0 aliphatic rings. The molecule has 0 aliphatic heterocycles. The average molecular weight is 763 g/mol. The second-order valence-electron chi connectivity index (χ2n) is 13.8.